The normalized spacial score (nSPS) is 15.4. The summed E-state index contributed by atoms with van der Waals surface area (Å²) in [7, 11) is -4.04. The molecule has 0 aromatic heterocycles. The largest absolute Gasteiger partial charge is 0.378 e. The molecule has 0 N–H and O–H groups in total. The van der Waals surface area contributed by atoms with Gasteiger partial charge in [-0.2, -0.15) is 0 Å². The van der Waals surface area contributed by atoms with E-state index >= 15 is 0 Å². The second kappa shape index (κ2) is 6.64. The summed E-state index contributed by atoms with van der Waals surface area (Å²) >= 11 is 5.33. The van der Waals surface area contributed by atoms with E-state index < -0.39 is 41.2 Å². The molecular formula is C11H12ClN3O7S. The fourth-order valence-electron chi connectivity index (χ4n) is 2.21. The Morgan fingerprint density at radius 3 is 2.00 bits per heavy atom. The fraction of sp³-hybridized carbons (Fsp3) is 0.455. The number of rotatable bonds is 5. The van der Waals surface area contributed by atoms with Crippen LogP contribution in [0.4, 0.5) is 17.1 Å². The first-order valence-electron chi connectivity index (χ1n) is 6.36. The van der Waals surface area contributed by atoms with Gasteiger partial charge in [0, 0.05) is 25.2 Å². The second-order valence-corrected chi connectivity index (χ2v) is 7.22. The van der Waals surface area contributed by atoms with Gasteiger partial charge in [-0.25, -0.2) is 8.42 Å². The number of halogens is 1. The minimum atomic E-state index is -4.04. The fourth-order valence-corrected chi connectivity index (χ4v) is 3.30. The van der Waals surface area contributed by atoms with Crippen LogP contribution in [0, 0.1) is 20.2 Å². The van der Waals surface area contributed by atoms with Crippen molar-refractivity contribution in [3.63, 3.8) is 0 Å². The van der Waals surface area contributed by atoms with Gasteiger partial charge in [0.2, 0.25) is 0 Å². The Balaban J connectivity index is 2.73. The van der Waals surface area contributed by atoms with Crippen LogP contribution in [0.5, 0.6) is 0 Å². The highest BCUT2D eigenvalue weighted by molar-refractivity contribution is 7.92. The highest BCUT2D eigenvalue weighted by Gasteiger charge is 2.34. The summed E-state index contributed by atoms with van der Waals surface area (Å²) in [5.41, 5.74) is -1.52. The van der Waals surface area contributed by atoms with Crippen LogP contribution >= 0.6 is 11.6 Å². The Kier molecular flexibility index (Phi) is 5.02. The van der Waals surface area contributed by atoms with Crippen molar-refractivity contribution in [1.82, 2.24) is 0 Å². The number of nitro groups is 2. The lowest BCUT2D eigenvalue weighted by Gasteiger charge is -2.28. The molecule has 1 aliphatic heterocycles. The lowest BCUT2D eigenvalue weighted by molar-refractivity contribution is -0.393. The van der Waals surface area contributed by atoms with Gasteiger partial charge in [-0.3, -0.25) is 20.2 Å². The first-order valence-corrected chi connectivity index (χ1v) is 8.55. The molecule has 12 heteroatoms. The summed E-state index contributed by atoms with van der Waals surface area (Å²) in [6, 6.07) is 1.60. The van der Waals surface area contributed by atoms with Crippen LogP contribution in [0.15, 0.2) is 17.0 Å². The monoisotopic (exact) mass is 365 g/mol. The predicted molar refractivity (Wildman–Crippen MR) is 80.7 cm³/mol. The number of hydrogen-bond donors (Lipinski definition) is 0. The van der Waals surface area contributed by atoms with Gasteiger partial charge in [0.1, 0.15) is 5.21 Å². The minimum absolute atomic E-state index is 0.225. The number of hydrogen-bond acceptors (Lipinski definition) is 8. The molecule has 1 fully saturated rings. The number of ether oxygens (including phenoxy) is 1. The molecule has 1 aliphatic rings. The molecule has 23 heavy (non-hydrogen) atoms. The third kappa shape index (κ3) is 3.51. The Hall–Kier alpha value is -1.98. The predicted octanol–water partition coefficient (Wildman–Crippen LogP) is 1.31. The molecule has 10 nitrogen and oxygen atoms in total. The summed E-state index contributed by atoms with van der Waals surface area (Å²) in [4.78, 5) is 21.8. The van der Waals surface area contributed by atoms with Crippen LogP contribution < -0.4 is 4.90 Å². The number of alkyl halides is 1. The van der Waals surface area contributed by atoms with Crippen molar-refractivity contribution >= 4 is 38.5 Å². The number of sulfone groups is 1. The molecular weight excluding hydrogens is 354 g/mol. The van der Waals surface area contributed by atoms with Gasteiger partial charge in [0.25, 0.3) is 0 Å². The van der Waals surface area contributed by atoms with Crippen molar-refractivity contribution in [2.45, 2.75) is 4.90 Å². The quantitative estimate of drug-likeness (QED) is 0.433. The van der Waals surface area contributed by atoms with Gasteiger partial charge >= 0.3 is 11.4 Å². The van der Waals surface area contributed by atoms with Crippen molar-refractivity contribution in [3.8, 4) is 0 Å². The zero-order valence-electron chi connectivity index (χ0n) is 11.7. The first kappa shape index (κ1) is 17.4. The van der Waals surface area contributed by atoms with Crippen LogP contribution in [0.1, 0.15) is 0 Å². The van der Waals surface area contributed by atoms with Crippen LogP contribution in [0.3, 0.4) is 0 Å². The summed E-state index contributed by atoms with van der Waals surface area (Å²) in [6.45, 7) is 0.971. The summed E-state index contributed by atoms with van der Waals surface area (Å²) < 4.78 is 28.8. The molecule has 0 atom stereocenters. The zero-order valence-corrected chi connectivity index (χ0v) is 13.2. The van der Waals surface area contributed by atoms with Gasteiger partial charge in [-0.1, -0.05) is 0 Å². The molecule has 0 bridgehead atoms. The first-order chi connectivity index (χ1) is 10.8. The number of benzene rings is 1. The van der Waals surface area contributed by atoms with Crippen LogP contribution in [-0.2, 0) is 14.6 Å². The van der Waals surface area contributed by atoms with E-state index in [-0.39, 0.29) is 32.0 Å². The van der Waals surface area contributed by atoms with E-state index in [1.54, 1.807) is 0 Å². The third-order valence-corrected chi connectivity index (χ3v) is 5.37. The lowest BCUT2D eigenvalue weighted by atomic mass is 10.2. The minimum Gasteiger partial charge on any atom is -0.378 e. The SMILES string of the molecule is O=[N+]([O-])c1cc(S(=O)(=O)CCl)cc([N+](=O)[O-])c1N1CCOCC1. The lowest BCUT2D eigenvalue weighted by Crippen LogP contribution is -2.37. The smallest absolute Gasteiger partial charge is 0.300 e. The summed E-state index contributed by atoms with van der Waals surface area (Å²) in [5, 5.41) is 21.8. The van der Waals surface area contributed by atoms with Crippen molar-refractivity contribution in [1.29, 1.82) is 0 Å². The van der Waals surface area contributed by atoms with Gasteiger partial charge in [0.05, 0.1) is 28.0 Å². The molecule has 0 amide bonds. The topological polar surface area (TPSA) is 133 Å². The number of nitro benzene ring substituents is 2. The van der Waals surface area contributed by atoms with Crippen molar-refractivity contribution in [3.05, 3.63) is 32.4 Å². The molecule has 0 unspecified atom stereocenters. The van der Waals surface area contributed by atoms with Crippen LogP contribution in [-0.4, -0.2) is 49.8 Å². The average Bonchev–Trinajstić information content (AvgIpc) is 2.54. The number of anilines is 1. The Morgan fingerprint density at radius 2 is 1.61 bits per heavy atom. The zero-order chi connectivity index (χ0) is 17.2. The summed E-state index contributed by atoms with van der Waals surface area (Å²) in [5.74, 6) is 0. The van der Waals surface area contributed by atoms with E-state index in [0.29, 0.717) is 0 Å². The van der Waals surface area contributed by atoms with E-state index in [1.165, 1.54) is 4.90 Å². The van der Waals surface area contributed by atoms with Gasteiger partial charge in [0.15, 0.2) is 15.5 Å². The van der Waals surface area contributed by atoms with Gasteiger partial charge < -0.3 is 9.64 Å². The highest BCUT2D eigenvalue weighted by atomic mass is 35.5. The molecule has 1 heterocycles. The maximum atomic E-state index is 11.8. The number of morpholine rings is 1. The Bertz CT molecular complexity index is 711. The van der Waals surface area contributed by atoms with Crippen molar-refractivity contribution < 1.29 is 23.0 Å². The van der Waals surface area contributed by atoms with Crippen molar-refractivity contribution in [2.24, 2.45) is 0 Å². The Labute approximate surface area is 135 Å². The second-order valence-electron chi connectivity index (χ2n) is 4.65. The molecule has 0 saturated carbocycles. The van der Waals surface area contributed by atoms with E-state index in [0.717, 1.165) is 12.1 Å². The molecule has 1 aromatic carbocycles. The van der Waals surface area contributed by atoms with E-state index in [1.807, 2.05) is 0 Å². The van der Waals surface area contributed by atoms with E-state index in [2.05, 4.69) is 0 Å². The maximum absolute atomic E-state index is 11.8. The molecule has 0 aliphatic carbocycles. The standard InChI is InChI=1S/C11H12ClN3O7S/c12-7-23(20,21)8-5-9(14(16)17)11(10(6-8)15(18)19)13-1-3-22-4-2-13/h5-6H,1-4,7H2. The van der Waals surface area contributed by atoms with Crippen LogP contribution in [0.2, 0.25) is 0 Å². The maximum Gasteiger partial charge on any atom is 0.300 e. The highest BCUT2D eigenvalue weighted by Crippen LogP contribution is 2.40. The average molecular weight is 366 g/mol. The van der Waals surface area contributed by atoms with E-state index in [4.69, 9.17) is 16.3 Å². The third-order valence-electron chi connectivity index (χ3n) is 3.27. The molecule has 0 spiro atoms. The summed E-state index contributed by atoms with van der Waals surface area (Å²) in [6.07, 6.45) is 0. The number of nitrogens with zero attached hydrogens (tertiary/aromatic N) is 3. The molecule has 0 radical (unpaired) electrons. The van der Waals surface area contributed by atoms with Gasteiger partial charge in [-0.15, -0.1) is 11.6 Å². The van der Waals surface area contributed by atoms with Gasteiger partial charge in [-0.05, 0) is 0 Å². The molecule has 2 rings (SSSR count). The molecule has 126 valence electrons. The van der Waals surface area contributed by atoms with Crippen LogP contribution in [0.25, 0.3) is 0 Å². The Morgan fingerprint density at radius 1 is 1.13 bits per heavy atom. The van der Waals surface area contributed by atoms with Crippen molar-refractivity contribution in [2.75, 3.05) is 36.4 Å². The molecule has 1 aromatic rings. The van der Waals surface area contributed by atoms with E-state index in [9.17, 15) is 28.6 Å². The molecule has 1 saturated heterocycles.